The molecular weight excluding hydrogens is 388 g/mol. The number of hydrogen-bond donors (Lipinski definition) is 1. The third-order valence-electron chi connectivity index (χ3n) is 4.41. The van der Waals surface area contributed by atoms with Gasteiger partial charge in [0.25, 0.3) is 5.91 Å². The quantitative estimate of drug-likeness (QED) is 0.446. The van der Waals surface area contributed by atoms with Crippen LogP contribution in [0.15, 0.2) is 69.9 Å². The molecule has 1 amide bonds. The minimum atomic E-state index is -0.363. The minimum absolute atomic E-state index is 0.172. The molecule has 0 saturated carbocycles. The first-order valence-corrected chi connectivity index (χ1v) is 9.63. The largest absolute Gasteiger partial charge is 0.461 e. The molecule has 142 valence electrons. The predicted molar refractivity (Wildman–Crippen MR) is 110 cm³/mol. The Morgan fingerprint density at radius 3 is 2.86 bits per heavy atom. The number of amides is 1. The Bertz CT molecular complexity index is 1290. The Kier molecular flexibility index (Phi) is 4.18. The maximum atomic E-state index is 12.7. The number of hydrogen-bond acceptors (Lipinski definition) is 7. The summed E-state index contributed by atoms with van der Waals surface area (Å²) in [6.45, 7) is 1.93. The fourth-order valence-corrected chi connectivity index (χ4v) is 3.79. The Labute approximate surface area is 169 Å². The number of nitrogens with one attached hydrogen (secondary N) is 1. The van der Waals surface area contributed by atoms with E-state index >= 15 is 0 Å². The molecule has 29 heavy (non-hydrogen) atoms. The second-order valence-corrected chi connectivity index (χ2v) is 7.36. The Hall–Kier alpha value is -3.78. The second-order valence-electron chi connectivity index (χ2n) is 6.38. The van der Waals surface area contributed by atoms with Crippen LogP contribution in [0, 0.1) is 6.92 Å². The smallest absolute Gasteiger partial charge is 0.277 e. The van der Waals surface area contributed by atoms with Crippen molar-refractivity contribution in [3.63, 3.8) is 0 Å². The molecule has 4 aromatic heterocycles. The summed E-state index contributed by atoms with van der Waals surface area (Å²) in [5.41, 5.74) is 3.54. The van der Waals surface area contributed by atoms with Gasteiger partial charge in [-0.1, -0.05) is 28.6 Å². The molecule has 0 spiro atoms. The maximum absolute atomic E-state index is 12.7. The van der Waals surface area contributed by atoms with Gasteiger partial charge >= 0.3 is 0 Å². The molecule has 0 aliphatic heterocycles. The van der Waals surface area contributed by atoms with Crippen LogP contribution >= 0.6 is 11.3 Å². The highest BCUT2D eigenvalue weighted by atomic mass is 32.1. The zero-order chi connectivity index (χ0) is 19.8. The van der Waals surface area contributed by atoms with Gasteiger partial charge in [0.15, 0.2) is 11.5 Å². The third-order valence-corrected chi connectivity index (χ3v) is 5.43. The first kappa shape index (κ1) is 17.3. The summed E-state index contributed by atoms with van der Waals surface area (Å²) in [5.74, 6) is 0.546. The number of carbonyl (C=O) groups is 1. The van der Waals surface area contributed by atoms with Crippen LogP contribution < -0.4 is 5.32 Å². The van der Waals surface area contributed by atoms with Crippen molar-refractivity contribution < 1.29 is 13.7 Å². The third kappa shape index (κ3) is 3.30. The van der Waals surface area contributed by atoms with Crippen LogP contribution in [0.3, 0.4) is 0 Å². The summed E-state index contributed by atoms with van der Waals surface area (Å²) in [5, 5.41) is 7.58. The van der Waals surface area contributed by atoms with E-state index in [-0.39, 0.29) is 11.6 Å². The van der Waals surface area contributed by atoms with E-state index in [2.05, 4.69) is 20.4 Å². The molecule has 0 aliphatic rings. The van der Waals surface area contributed by atoms with Crippen LogP contribution in [-0.4, -0.2) is 21.0 Å². The van der Waals surface area contributed by atoms with Gasteiger partial charge < -0.3 is 14.3 Å². The number of aromatic nitrogens is 3. The van der Waals surface area contributed by atoms with Crippen molar-refractivity contribution in [3.8, 4) is 22.1 Å². The summed E-state index contributed by atoms with van der Waals surface area (Å²) in [4.78, 5) is 22.5. The van der Waals surface area contributed by atoms with Crippen molar-refractivity contribution in [1.82, 2.24) is 15.1 Å². The van der Waals surface area contributed by atoms with E-state index in [0.717, 1.165) is 26.5 Å². The minimum Gasteiger partial charge on any atom is -0.461 e. The van der Waals surface area contributed by atoms with Gasteiger partial charge in [0, 0.05) is 23.5 Å². The number of benzene rings is 1. The van der Waals surface area contributed by atoms with E-state index < -0.39 is 0 Å². The second kappa shape index (κ2) is 6.99. The fourth-order valence-electron chi connectivity index (χ4n) is 2.89. The molecule has 0 saturated heterocycles. The number of furan rings is 1. The number of rotatable bonds is 4. The van der Waals surface area contributed by atoms with Crippen molar-refractivity contribution in [3.05, 3.63) is 72.2 Å². The van der Waals surface area contributed by atoms with Crippen LogP contribution in [0.1, 0.15) is 16.1 Å². The van der Waals surface area contributed by atoms with Crippen molar-refractivity contribution in [2.24, 2.45) is 0 Å². The number of pyridine rings is 1. The van der Waals surface area contributed by atoms with Gasteiger partial charge in [0.1, 0.15) is 15.4 Å². The molecule has 0 fully saturated rings. The normalized spacial score (nSPS) is 11.1. The summed E-state index contributed by atoms with van der Waals surface area (Å²) < 4.78 is 10.5. The molecule has 8 heteroatoms. The Balaban J connectivity index is 1.42. The molecule has 1 N–H and O–H groups in total. The molecule has 1 aromatic carbocycles. The molecule has 5 rings (SSSR count). The average Bonchev–Trinajstić information content (AvgIpc) is 3.48. The first-order valence-electron chi connectivity index (χ1n) is 8.82. The van der Waals surface area contributed by atoms with Gasteiger partial charge in [0.05, 0.1) is 6.26 Å². The van der Waals surface area contributed by atoms with Gasteiger partial charge in [-0.2, -0.15) is 0 Å². The van der Waals surface area contributed by atoms with Gasteiger partial charge in [-0.25, -0.2) is 9.97 Å². The molecule has 0 atom stereocenters. The predicted octanol–water partition coefficient (Wildman–Crippen LogP) is 5.17. The van der Waals surface area contributed by atoms with Gasteiger partial charge in [-0.3, -0.25) is 4.79 Å². The standard InChI is InChI=1S/C21H14N4O3S/c1-12-6-7-13(20-24-14-4-2-8-22-21(14)29-20)10-15(12)23-19(26)16-11-18(28-25-16)17-5-3-9-27-17/h2-11H,1H3,(H,23,26). The zero-order valence-electron chi connectivity index (χ0n) is 15.2. The van der Waals surface area contributed by atoms with Crippen molar-refractivity contribution in [2.45, 2.75) is 6.92 Å². The van der Waals surface area contributed by atoms with Crippen LogP contribution in [0.2, 0.25) is 0 Å². The van der Waals surface area contributed by atoms with Crippen molar-refractivity contribution in [1.29, 1.82) is 0 Å². The van der Waals surface area contributed by atoms with Crippen LogP contribution in [0.25, 0.3) is 32.4 Å². The van der Waals surface area contributed by atoms with E-state index in [4.69, 9.17) is 8.94 Å². The summed E-state index contributed by atoms with van der Waals surface area (Å²) in [6.07, 6.45) is 3.28. The van der Waals surface area contributed by atoms with E-state index in [0.29, 0.717) is 17.2 Å². The average molecular weight is 402 g/mol. The summed E-state index contributed by atoms with van der Waals surface area (Å²) in [6, 6.07) is 14.6. The summed E-state index contributed by atoms with van der Waals surface area (Å²) in [7, 11) is 0. The first-order chi connectivity index (χ1) is 14.2. The van der Waals surface area contributed by atoms with Crippen LogP contribution in [0.5, 0.6) is 0 Å². The lowest BCUT2D eigenvalue weighted by Gasteiger charge is -2.08. The molecule has 7 nitrogen and oxygen atoms in total. The number of aryl methyl sites for hydroxylation is 1. The number of nitrogens with zero attached hydrogens (tertiary/aromatic N) is 3. The highest BCUT2D eigenvalue weighted by molar-refractivity contribution is 7.21. The fraction of sp³-hybridized carbons (Fsp3) is 0.0476. The van der Waals surface area contributed by atoms with E-state index in [1.807, 2.05) is 37.3 Å². The van der Waals surface area contributed by atoms with Gasteiger partial charge in [-0.15, -0.1) is 0 Å². The molecule has 0 aliphatic carbocycles. The van der Waals surface area contributed by atoms with Crippen molar-refractivity contribution >= 4 is 33.3 Å². The Morgan fingerprint density at radius 1 is 1.10 bits per heavy atom. The molecule has 0 unspecified atom stereocenters. The molecule has 0 bridgehead atoms. The van der Waals surface area contributed by atoms with E-state index in [1.165, 1.54) is 17.6 Å². The lowest BCUT2D eigenvalue weighted by molar-refractivity contribution is 0.101. The summed E-state index contributed by atoms with van der Waals surface area (Å²) >= 11 is 1.51. The lowest BCUT2D eigenvalue weighted by Crippen LogP contribution is -2.13. The molecule has 0 radical (unpaired) electrons. The van der Waals surface area contributed by atoms with E-state index in [1.54, 1.807) is 24.4 Å². The van der Waals surface area contributed by atoms with E-state index in [9.17, 15) is 4.79 Å². The molecular formula is C21H14N4O3S. The zero-order valence-corrected chi connectivity index (χ0v) is 16.1. The number of fused-ring (bicyclic) bond motifs is 1. The highest BCUT2D eigenvalue weighted by Crippen LogP contribution is 2.31. The van der Waals surface area contributed by atoms with Gasteiger partial charge in [-0.05, 0) is 42.8 Å². The van der Waals surface area contributed by atoms with Crippen LogP contribution in [0.4, 0.5) is 5.69 Å². The maximum Gasteiger partial charge on any atom is 0.277 e. The van der Waals surface area contributed by atoms with Crippen LogP contribution in [-0.2, 0) is 0 Å². The number of anilines is 1. The van der Waals surface area contributed by atoms with Crippen molar-refractivity contribution in [2.75, 3.05) is 5.32 Å². The number of carbonyl (C=O) groups excluding carboxylic acids is 1. The highest BCUT2D eigenvalue weighted by Gasteiger charge is 2.17. The molecule has 5 aromatic rings. The number of thiazole rings is 1. The molecule has 4 heterocycles. The van der Waals surface area contributed by atoms with Gasteiger partial charge in [0.2, 0.25) is 5.76 Å². The lowest BCUT2D eigenvalue weighted by atomic mass is 10.1. The topological polar surface area (TPSA) is 94.1 Å². The Morgan fingerprint density at radius 2 is 2.03 bits per heavy atom. The monoisotopic (exact) mass is 402 g/mol. The SMILES string of the molecule is Cc1ccc(-c2nc3cccnc3s2)cc1NC(=O)c1cc(-c2ccco2)on1.